The summed E-state index contributed by atoms with van der Waals surface area (Å²) in [4.78, 5) is 3.64. The lowest BCUT2D eigenvalue weighted by molar-refractivity contribution is 0.150. The van der Waals surface area contributed by atoms with Gasteiger partial charge in [-0.3, -0.25) is 0 Å². The fraction of sp³-hybridized carbons (Fsp3) is 0.143. The van der Waals surface area contributed by atoms with Crippen molar-refractivity contribution in [1.82, 2.24) is 4.98 Å². The Morgan fingerprint density at radius 2 is 2.25 bits per heavy atom. The van der Waals surface area contributed by atoms with Gasteiger partial charge in [-0.15, -0.1) is 0 Å². The van der Waals surface area contributed by atoms with Gasteiger partial charge in [0.25, 0.3) is 6.43 Å². The van der Waals surface area contributed by atoms with Crippen LogP contribution >= 0.6 is 22.6 Å². The van der Waals surface area contributed by atoms with Crippen molar-refractivity contribution in [3.05, 3.63) is 27.1 Å². The molecular weight excluding hydrogens is 277 g/mol. The summed E-state index contributed by atoms with van der Waals surface area (Å²) in [7, 11) is 0. The zero-order valence-electron chi connectivity index (χ0n) is 5.76. The Kier molecular flexibility index (Phi) is 2.92. The number of alkyl halides is 2. The van der Waals surface area contributed by atoms with Crippen LogP contribution in [-0.2, 0) is 0 Å². The Balaban J connectivity index is 3.25. The van der Waals surface area contributed by atoms with E-state index in [2.05, 4.69) is 4.98 Å². The summed E-state index contributed by atoms with van der Waals surface area (Å²) in [5, 5.41) is 8.46. The summed E-state index contributed by atoms with van der Waals surface area (Å²) in [6.07, 6.45) is -1.34. The van der Waals surface area contributed by atoms with Gasteiger partial charge in [0, 0.05) is 11.8 Å². The number of hydrogen-bond donors (Lipinski definition) is 0. The van der Waals surface area contributed by atoms with E-state index in [4.69, 9.17) is 5.26 Å². The molecule has 1 aromatic heterocycles. The molecule has 0 aliphatic heterocycles. The minimum atomic E-state index is -2.55. The number of hydrogen-bond acceptors (Lipinski definition) is 2. The number of pyridine rings is 1. The van der Waals surface area contributed by atoms with Crippen LogP contribution in [-0.4, -0.2) is 4.98 Å². The molecule has 0 atom stereocenters. The maximum atomic E-state index is 12.2. The molecule has 1 rings (SSSR count). The van der Waals surface area contributed by atoms with Gasteiger partial charge in [-0.25, -0.2) is 13.8 Å². The second-order valence-electron chi connectivity index (χ2n) is 1.98. The van der Waals surface area contributed by atoms with Crippen LogP contribution in [0.5, 0.6) is 0 Å². The molecule has 0 unspecified atom stereocenters. The molecule has 12 heavy (non-hydrogen) atoms. The van der Waals surface area contributed by atoms with Crippen LogP contribution in [0.1, 0.15) is 17.7 Å². The largest absolute Gasteiger partial charge is 0.265 e. The second-order valence-corrected chi connectivity index (χ2v) is 3.05. The molecule has 1 aromatic rings. The van der Waals surface area contributed by atoms with E-state index in [0.29, 0.717) is 0 Å². The molecule has 0 aliphatic carbocycles. The monoisotopic (exact) mass is 280 g/mol. The van der Waals surface area contributed by atoms with Crippen molar-refractivity contribution in [3.8, 4) is 6.07 Å². The fourth-order valence-electron chi connectivity index (χ4n) is 0.705. The van der Waals surface area contributed by atoms with Crippen molar-refractivity contribution in [2.24, 2.45) is 0 Å². The molecule has 5 heteroatoms. The molecule has 0 bridgehead atoms. The van der Waals surface area contributed by atoms with Crippen LogP contribution in [0.2, 0.25) is 0 Å². The van der Waals surface area contributed by atoms with Crippen LogP contribution in [0.15, 0.2) is 12.3 Å². The highest BCUT2D eigenvalue weighted by Crippen LogP contribution is 2.24. The smallest absolute Gasteiger partial charge is 0.244 e. The quantitative estimate of drug-likeness (QED) is 0.741. The van der Waals surface area contributed by atoms with Crippen molar-refractivity contribution >= 4 is 22.6 Å². The molecule has 2 nitrogen and oxygen atoms in total. The van der Waals surface area contributed by atoms with Crippen molar-refractivity contribution in [2.45, 2.75) is 6.43 Å². The number of rotatable bonds is 1. The standard InChI is InChI=1S/C7H3F2IN2/c8-7(9)4-1-2-12-5(3-11)6(4)10/h1-2,7H. The molecule has 62 valence electrons. The highest BCUT2D eigenvalue weighted by atomic mass is 127. The van der Waals surface area contributed by atoms with E-state index in [1.54, 1.807) is 28.7 Å². The zero-order chi connectivity index (χ0) is 9.14. The van der Waals surface area contributed by atoms with Gasteiger partial charge >= 0.3 is 0 Å². The summed E-state index contributed by atoms with van der Waals surface area (Å²) in [6, 6.07) is 2.95. The minimum absolute atomic E-state index is 0.0494. The third-order valence-electron chi connectivity index (χ3n) is 1.26. The van der Waals surface area contributed by atoms with Crippen LogP contribution in [0.25, 0.3) is 0 Å². The summed E-state index contributed by atoms with van der Waals surface area (Å²) in [5.74, 6) is 0. The van der Waals surface area contributed by atoms with E-state index >= 15 is 0 Å². The van der Waals surface area contributed by atoms with Crippen LogP contribution < -0.4 is 0 Å². The number of halogens is 3. The van der Waals surface area contributed by atoms with Gasteiger partial charge in [0.2, 0.25) is 0 Å². The Morgan fingerprint density at radius 3 is 2.75 bits per heavy atom. The first kappa shape index (κ1) is 9.32. The predicted octanol–water partition coefficient (Wildman–Crippen LogP) is 2.50. The van der Waals surface area contributed by atoms with E-state index < -0.39 is 6.43 Å². The maximum Gasteiger partial charge on any atom is 0.265 e. The topological polar surface area (TPSA) is 36.7 Å². The van der Waals surface area contributed by atoms with Crippen LogP contribution in [0, 0.1) is 14.9 Å². The van der Waals surface area contributed by atoms with Gasteiger partial charge in [-0.05, 0) is 28.7 Å². The van der Waals surface area contributed by atoms with E-state index in [1.165, 1.54) is 12.3 Å². The Hall–Kier alpha value is -0.770. The first-order valence-corrected chi connectivity index (χ1v) is 4.07. The lowest BCUT2D eigenvalue weighted by Gasteiger charge is -2.02. The van der Waals surface area contributed by atoms with Crippen LogP contribution in [0.3, 0.4) is 0 Å². The molecule has 0 fully saturated rings. The molecule has 0 spiro atoms. The fourth-order valence-corrected chi connectivity index (χ4v) is 1.38. The highest BCUT2D eigenvalue weighted by molar-refractivity contribution is 14.1. The molecule has 0 amide bonds. The van der Waals surface area contributed by atoms with Gasteiger partial charge in [-0.1, -0.05) is 0 Å². The summed E-state index contributed by atoms with van der Waals surface area (Å²) in [5.41, 5.74) is -0.0875. The van der Waals surface area contributed by atoms with Crippen molar-refractivity contribution in [1.29, 1.82) is 5.26 Å². The van der Waals surface area contributed by atoms with Crippen LogP contribution in [0.4, 0.5) is 8.78 Å². The third-order valence-corrected chi connectivity index (χ3v) is 2.39. The molecule has 0 saturated carbocycles. The van der Waals surface area contributed by atoms with Gasteiger partial charge in [-0.2, -0.15) is 5.26 Å². The van der Waals surface area contributed by atoms with E-state index in [0.717, 1.165) is 0 Å². The normalized spacial score (nSPS) is 9.92. The third kappa shape index (κ3) is 1.69. The first-order valence-electron chi connectivity index (χ1n) is 2.99. The Bertz CT molecular complexity index is 333. The lowest BCUT2D eigenvalue weighted by Crippen LogP contribution is -1.95. The molecular formula is C7H3F2IN2. The summed E-state index contributed by atoms with van der Waals surface area (Å²) < 4.78 is 24.6. The second kappa shape index (κ2) is 3.76. The lowest BCUT2D eigenvalue weighted by atomic mass is 10.2. The van der Waals surface area contributed by atoms with Gasteiger partial charge < -0.3 is 0 Å². The van der Waals surface area contributed by atoms with E-state index in [1.807, 2.05) is 0 Å². The number of nitrogens with zero attached hydrogens (tertiary/aromatic N) is 2. The molecule has 0 aromatic carbocycles. The van der Waals surface area contributed by atoms with E-state index in [-0.39, 0.29) is 14.8 Å². The Labute approximate surface area is 81.4 Å². The summed E-state index contributed by atoms with van der Waals surface area (Å²) in [6.45, 7) is 0. The molecule has 0 aliphatic rings. The predicted molar refractivity (Wildman–Crippen MR) is 46.6 cm³/mol. The van der Waals surface area contributed by atoms with Crippen molar-refractivity contribution in [3.63, 3.8) is 0 Å². The highest BCUT2D eigenvalue weighted by Gasteiger charge is 2.14. The van der Waals surface area contributed by atoms with Gasteiger partial charge in [0.1, 0.15) is 6.07 Å². The minimum Gasteiger partial charge on any atom is -0.244 e. The van der Waals surface area contributed by atoms with Gasteiger partial charge in [0.15, 0.2) is 5.69 Å². The molecule has 0 N–H and O–H groups in total. The first-order chi connectivity index (χ1) is 5.66. The average Bonchev–Trinajstić information content (AvgIpc) is 2.04. The van der Waals surface area contributed by atoms with Crippen molar-refractivity contribution < 1.29 is 8.78 Å². The van der Waals surface area contributed by atoms with Crippen molar-refractivity contribution in [2.75, 3.05) is 0 Å². The molecule has 1 heterocycles. The number of nitriles is 1. The number of aromatic nitrogens is 1. The summed E-state index contributed by atoms with van der Waals surface area (Å²) >= 11 is 1.69. The van der Waals surface area contributed by atoms with Gasteiger partial charge in [0.05, 0.1) is 3.57 Å². The zero-order valence-corrected chi connectivity index (χ0v) is 7.92. The molecule has 0 radical (unpaired) electrons. The average molecular weight is 280 g/mol. The van der Waals surface area contributed by atoms with E-state index in [9.17, 15) is 8.78 Å². The maximum absolute atomic E-state index is 12.2. The SMILES string of the molecule is N#Cc1nccc(C(F)F)c1I. The molecule has 0 saturated heterocycles. The Morgan fingerprint density at radius 1 is 1.58 bits per heavy atom.